The zero-order chi connectivity index (χ0) is 15.5. The molecule has 2 atom stereocenters. The lowest BCUT2D eigenvalue weighted by atomic mass is 9.84. The number of likely N-dealkylation sites (N-methyl/N-ethyl adjacent to an activating group) is 1. The van der Waals surface area contributed by atoms with E-state index in [0.717, 1.165) is 24.8 Å². The Morgan fingerprint density at radius 1 is 1.38 bits per heavy atom. The van der Waals surface area contributed by atoms with Crippen LogP contribution >= 0.6 is 0 Å². The molecule has 1 saturated carbocycles. The van der Waals surface area contributed by atoms with Gasteiger partial charge in [-0.25, -0.2) is 0 Å². The number of para-hydroxylation sites is 1. The molecule has 1 aromatic rings. The maximum absolute atomic E-state index is 12.6. The fourth-order valence-electron chi connectivity index (χ4n) is 2.80. The monoisotopic (exact) mass is 289 g/mol. The lowest BCUT2D eigenvalue weighted by molar-refractivity contribution is -0.125. The molecule has 1 aromatic carbocycles. The Hall–Kier alpha value is -1.88. The van der Waals surface area contributed by atoms with Crippen molar-refractivity contribution in [2.24, 2.45) is 11.1 Å². The van der Waals surface area contributed by atoms with Crippen LogP contribution in [0.2, 0.25) is 0 Å². The SMILES string of the molecule is CNC(=O)Cc1ccccc1NC(=O)C1(C)CCCC1N. The molecule has 114 valence electrons. The molecule has 5 nitrogen and oxygen atoms in total. The zero-order valence-electron chi connectivity index (χ0n) is 12.6. The molecular formula is C16H23N3O2. The van der Waals surface area contributed by atoms with Crippen molar-refractivity contribution in [2.45, 2.75) is 38.6 Å². The molecule has 0 bridgehead atoms. The summed E-state index contributed by atoms with van der Waals surface area (Å²) in [4.78, 5) is 24.1. The summed E-state index contributed by atoms with van der Waals surface area (Å²) in [6, 6.07) is 7.27. The highest BCUT2D eigenvalue weighted by molar-refractivity contribution is 5.97. The van der Waals surface area contributed by atoms with Crippen LogP contribution in [-0.4, -0.2) is 24.9 Å². The van der Waals surface area contributed by atoms with E-state index in [1.54, 1.807) is 7.05 Å². The van der Waals surface area contributed by atoms with Crippen LogP contribution in [0.25, 0.3) is 0 Å². The van der Waals surface area contributed by atoms with Crippen LogP contribution < -0.4 is 16.4 Å². The van der Waals surface area contributed by atoms with Crippen LogP contribution in [-0.2, 0) is 16.0 Å². The lowest BCUT2D eigenvalue weighted by Gasteiger charge is -2.28. The number of anilines is 1. The number of rotatable bonds is 4. The predicted molar refractivity (Wildman–Crippen MR) is 82.8 cm³/mol. The van der Waals surface area contributed by atoms with Gasteiger partial charge in [-0.2, -0.15) is 0 Å². The van der Waals surface area contributed by atoms with E-state index < -0.39 is 5.41 Å². The molecule has 0 aromatic heterocycles. The molecule has 0 saturated heterocycles. The Kier molecular flexibility index (Phi) is 4.63. The summed E-state index contributed by atoms with van der Waals surface area (Å²) in [6.45, 7) is 1.92. The van der Waals surface area contributed by atoms with Crippen molar-refractivity contribution in [1.82, 2.24) is 5.32 Å². The van der Waals surface area contributed by atoms with Gasteiger partial charge < -0.3 is 16.4 Å². The lowest BCUT2D eigenvalue weighted by Crippen LogP contribution is -2.44. The molecule has 5 heteroatoms. The van der Waals surface area contributed by atoms with E-state index in [-0.39, 0.29) is 24.3 Å². The van der Waals surface area contributed by atoms with E-state index in [2.05, 4.69) is 10.6 Å². The highest BCUT2D eigenvalue weighted by Gasteiger charge is 2.43. The second-order valence-electron chi connectivity index (χ2n) is 5.88. The minimum Gasteiger partial charge on any atom is -0.359 e. The van der Waals surface area contributed by atoms with E-state index in [1.165, 1.54) is 0 Å². The summed E-state index contributed by atoms with van der Waals surface area (Å²) in [5.74, 6) is -0.141. The number of carbonyl (C=O) groups is 2. The first-order chi connectivity index (χ1) is 9.97. The third-order valence-corrected chi connectivity index (χ3v) is 4.44. The van der Waals surface area contributed by atoms with E-state index in [9.17, 15) is 9.59 Å². The van der Waals surface area contributed by atoms with Gasteiger partial charge in [-0.3, -0.25) is 9.59 Å². The number of hydrogen-bond donors (Lipinski definition) is 3. The van der Waals surface area contributed by atoms with Gasteiger partial charge in [0, 0.05) is 18.8 Å². The minimum absolute atomic E-state index is 0.0585. The molecule has 0 heterocycles. The molecule has 2 amide bonds. The number of benzene rings is 1. The van der Waals surface area contributed by atoms with Gasteiger partial charge in [-0.15, -0.1) is 0 Å². The summed E-state index contributed by atoms with van der Waals surface area (Å²) in [6.07, 6.45) is 2.90. The molecule has 4 N–H and O–H groups in total. The van der Waals surface area contributed by atoms with Crippen LogP contribution in [0.15, 0.2) is 24.3 Å². The summed E-state index contributed by atoms with van der Waals surface area (Å²) >= 11 is 0. The summed E-state index contributed by atoms with van der Waals surface area (Å²) < 4.78 is 0. The number of nitrogens with two attached hydrogens (primary N) is 1. The van der Waals surface area contributed by atoms with Gasteiger partial charge in [0.25, 0.3) is 0 Å². The Bertz CT molecular complexity index is 544. The minimum atomic E-state index is -0.528. The third kappa shape index (κ3) is 3.24. The van der Waals surface area contributed by atoms with E-state index >= 15 is 0 Å². The van der Waals surface area contributed by atoms with Gasteiger partial charge in [0.2, 0.25) is 11.8 Å². The molecule has 1 fully saturated rings. The van der Waals surface area contributed by atoms with Gasteiger partial charge in [0.1, 0.15) is 0 Å². The first kappa shape index (κ1) is 15.5. The molecule has 1 aliphatic carbocycles. The zero-order valence-corrected chi connectivity index (χ0v) is 12.6. The molecule has 0 spiro atoms. The first-order valence-electron chi connectivity index (χ1n) is 7.33. The molecule has 0 aliphatic heterocycles. The van der Waals surface area contributed by atoms with Crippen LogP contribution in [0.4, 0.5) is 5.69 Å². The average Bonchev–Trinajstić information content (AvgIpc) is 2.82. The normalized spacial score (nSPS) is 24.6. The molecular weight excluding hydrogens is 266 g/mol. The standard InChI is InChI=1S/C16H23N3O2/c1-16(9-5-8-13(16)17)15(21)19-12-7-4-3-6-11(12)10-14(20)18-2/h3-4,6-7,13H,5,8-10,17H2,1-2H3,(H,18,20)(H,19,21). The quantitative estimate of drug-likeness (QED) is 0.784. The number of carbonyl (C=O) groups excluding carboxylic acids is 2. The van der Waals surface area contributed by atoms with Crippen LogP contribution in [0, 0.1) is 5.41 Å². The van der Waals surface area contributed by atoms with Crippen molar-refractivity contribution in [2.75, 3.05) is 12.4 Å². The molecule has 1 aliphatic rings. The van der Waals surface area contributed by atoms with Crippen LogP contribution in [0.3, 0.4) is 0 Å². The number of amides is 2. The second-order valence-corrected chi connectivity index (χ2v) is 5.88. The molecule has 2 unspecified atom stereocenters. The van der Waals surface area contributed by atoms with Gasteiger partial charge >= 0.3 is 0 Å². The third-order valence-electron chi connectivity index (χ3n) is 4.44. The van der Waals surface area contributed by atoms with Gasteiger partial charge in [0.15, 0.2) is 0 Å². The second kappa shape index (κ2) is 6.26. The smallest absolute Gasteiger partial charge is 0.231 e. The molecule has 21 heavy (non-hydrogen) atoms. The van der Waals surface area contributed by atoms with Crippen LogP contribution in [0.1, 0.15) is 31.7 Å². The van der Waals surface area contributed by atoms with Gasteiger partial charge in [0.05, 0.1) is 11.8 Å². The van der Waals surface area contributed by atoms with Gasteiger partial charge in [-0.1, -0.05) is 24.6 Å². The van der Waals surface area contributed by atoms with Crippen molar-refractivity contribution in [3.63, 3.8) is 0 Å². The Morgan fingerprint density at radius 3 is 2.71 bits per heavy atom. The van der Waals surface area contributed by atoms with Crippen molar-refractivity contribution in [3.05, 3.63) is 29.8 Å². The van der Waals surface area contributed by atoms with E-state index in [4.69, 9.17) is 5.73 Å². The predicted octanol–water partition coefficient (Wildman–Crippen LogP) is 1.43. The Labute approximate surface area is 125 Å². The fraction of sp³-hybridized carbons (Fsp3) is 0.500. The van der Waals surface area contributed by atoms with Crippen molar-refractivity contribution >= 4 is 17.5 Å². The average molecular weight is 289 g/mol. The summed E-state index contributed by atoms with van der Waals surface area (Å²) in [5, 5.41) is 5.55. The van der Waals surface area contributed by atoms with Crippen LogP contribution in [0.5, 0.6) is 0 Å². The van der Waals surface area contributed by atoms with E-state index in [1.807, 2.05) is 31.2 Å². The fourth-order valence-corrected chi connectivity index (χ4v) is 2.80. The molecule has 0 radical (unpaired) electrons. The number of nitrogens with one attached hydrogen (secondary N) is 2. The first-order valence-corrected chi connectivity index (χ1v) is 7.33. The van der Waals surface area contributed by atoms with Crippen molar-refractivity contribution in [3.8, 4) is 0 Å². The van der Waals surface area contributed by atoms with Crippen molar-refractivity contribution in [1.29, 1.82) is 0 Å². The Morgan fingerprint density at radius 2 is 2.10 bits per heavy atom. The maximum Gasteiger partial charge on any atom is 0.231 e. The largest absolute Gasteiger partial charge is 0.359 e. The maximum atomic E-state index is 12.6. The highest BCUT2D eigenvalue weighted by Crippen LogP contribution is 2.37. The van der Waals surface area contributed by atoms with Gasteiger partial charge in [-0.05, 0) is 31.4 Å². The van der Waals surface area contributed by atoms with Crippen molar-refractivity contribution < 1.29 is 9.59 Å². The topological polar surface area (TPSA) is 84.2 Å². The molecule has 2 rings (SSSR count). The Balaban J connectivity index is 2.16. The van der Waals surface area contributed by atoms with E-state index in [0.29, 0.717) is 5.69 Å². The highest BCUT2D eigenvalue weighted by atomic mass is 16.2. The number of hydrogen-bond acceptors (Lipinski definition) is 3. The summed E-state index contributed by atoms with van der Waals surface area (Å²) in [7, 11) is 1.60. The summed E-state index contributed by atoms with van der Waals surface area (Å²) in [5.41, 5.74) is 7.05.